The molecule has 3 aromatic heterocycles. The molecule has 0 radical (unpaired) electrons. The predicted octanol–water partition coefficient (Wildman–Crippen LogP) is 6.53. The number of aryl methyl sites for hydroxylation is 1. The van der Waals surface area contributed by atoms with E-state index in [4.69, 9.17) is 9.72 Å². The third-order valence-corrected chi connectivity index (χ3v) is 6.80. The lowest BCUT2D eigenvalue weighted by Gasteiger charge is -2.08. The van der Waals surface area contributed by atoms with Crippen LogP contribution in [0.3, 0.4) is 0 Å². The summed E-state index contributed by atoms with van der Waals surface area (Å²) in [7, 11) is 0. The number of benzene rings is 2. The zero-order valence-electron chi connectivity index (χ0n) is 17.0. The third-order valence-electron chi connectivity index (χ3n) is 4.84. The number of pyridine rings is 1. The Morgan fingerprint density at radius 3 is 2.68 bits per heavy atom. The predicted molar refractivity (Wildman–Crippen MR) is 129 cm³/mol. The minimum atomic E-state index is -0.197. The lowest BCUT2D eigenvalue weighted by atomic mass is 10.1. The minimum Gasteiger partial charge on any atom is -0.494 e. The standard InChI is InChI=1S/C24H19N3O2S2/c1-3-29-15-9-10-19-22(12-15)31-24(26-19)27-23(28)17-13-20(21-11-8-14(2)30-21)25-18-7-5-4-6-16(17)18/h4-13H,3H2,1-2H3,(H,26,27,28). The molecule has 0 aliphatic heterocycles. The number of nitrogens with one attached hydrogen (secondary N) is 1. The molecule has 0 bridgehead atoms. The van der Waals surface area contributed by atoms with Gasteiger partial charge in [-0.25, -0.2) is 9.97 Å². The Morgan fingerprint density at radius 1 is 1.00 bits per heavy atom. The number of ether oxygens (including phenoxy) is 1. The maximum absolute atomic E-state index is 13.3. The molecule has 7 heteroatoms. The summed E-state index contributed by atoms with van der Waals surface area (Å²) in [6, 6.07) is 19.4. The zero-order chi connectivity index (χ0) is 21.4. The van der Waals surface area contributed by atoms with Crippen molar-refractivity contribution in [3.8, 4) is 16.3 Å². The van der Waals surface area contributed by atoms with Crippen LogP contribution < -0.4 is 10.1 Å². The van der Waals surface area contributed by atoms with Gasteiger partial charge in [-0.1, -0.05) is 29.5 Å². The number of thiophene rings is 1. The van der Waals surface area contributed by atoms with E-state index in [1.54, 1.807) is 11.3 Å². The summed E-state index contributed by atoms with van der Waals surface area (Å²) in [4.78, 5) is 24.9. The van der Waals surface area contributed by atoms with Gasteiger partial charge in [0.15, 0.2) is 5.13 Å². The molecule has 0 aliphatic carbocycles. The van der Waals surface area contributed by atoms with E-state index < -0.39 is 0 Å². The molecule has 0 unspecified atom stereocenters. The van der Waals surface area contributed by atoms with Gasteiger partial charge in [0.05, 0.1) is 38.5 Å². The monoisotopic (exact) mass is 445 g/mol. The van der Waals surface area contributed by atoms with E-state index in [0.717, 1.165) is 37.4 Å². The highest BCUT2D eigenvalue weighted by molar-refractivity contribution is 7.22. The van der Waals surface area contributed by atoms with Crippen LogP contribution in [-0.4, -0.2) is 22.5 Å². The smallest absolute Gasteiger partial charge is 0.258 e. The number of rotatable bonds is 5. The van der Waals surface area contributed by atoms with Crippen LogP contribution in [0.4, 0.5) is 5.13 Å². The van der Waals surface area contributed by atoms with Gasteiger partial charge in [0.2, 0.25) is 0 Å². The molecule has 154 valence electrons. The maximum Gasteiger partial charge on any atom is 0.258 e. The van der Waals surface area contributed by atoms with E-state index >= 15 is 0 Å². The fourth-order valence-corrected chi connectivity index (χ4v) is 5.16. The number of aromatic nitrogens is 2. The normalized spacial score (nSPS) is 11.2. The van der Waals surface area contributed by atoms with Crippen molar-refractivity contribution in [3.63, 3.8) is 0 Å². The number of amides is 1. The summed E-state index contributed by atoms with van der Waals surface area (Å²) in [5, 5.41) is 4.35. The van der Waals surface area contributed by atoms with E-state index in [1.807, 2.05) is 61.5 Å². The SMILES string of the molecule is CCOc1ccc2nc(NC(=O)c3cc(-c4ccc(C)s4)nc4ccccc34)sc2c1. The average molecular weight is 446 g/mol. The summed E-state index contributed by atoms with van der Waals surface area (Å²) in [5.74, 6) is 0.602. The molecular weight excluding hydrogens is 426 g/mol. The van der Waals surface area contributed by atoms with Gasteiger partial charge in [-0.05, 0) is 56.3 Å². The Hall–Kier alpha value is -3.29. The summed E-state index contributed by atoms with van der Waals surface area (Å²) >= 11 is 3.10. The molecular formula is C24H19N3O2S2. The van der Waals surface area contributed by atoms with Crippen LogP contribution in [-0.2, 0) is 0 Å². The van der Waals surface area contributed by atoms with Gasteiger partial charge in [-0.3, -0.25) is 10.1 Å². The van der Waals surface area contributed by atoms with Crippen LogP contribution in [0.5, 0.6) is 5.75 Å². The molecule has 5 aromatic rings. The van der Waals surface area contributed by atoms with Crippen LogP contribution in [0.2, 0.25) is 0 Å². The van der Waals surface area contributed by atoms with Crippen molar-refractivity contribution in [2.24, 2.45) is 0 Å². The van der Waals surface area contributed by atoms with Crippen molar-refractivity contribution in [3.05, 3.63) is 71.1 Å². The first-order chi connectivity index (χ1) is 15.1. The minimum absolute atomic E-state index is 0.197. The molecule has 5 rings (SSSR count). The molecule has 1 N–H and O–H groups in total. The molecule has 0 atom stereocenters. The van der Waals surface area contributed by atoms with Crippen LogP contribution >= 0.6 is 22.7 Å². The molecule has 0 saturated heterocycles. The van der Waals surface area contributed by atoms with Gasteiger partial charge in [-0.2, -0.15) is 0 Å². The highest BCUT2D eigenvalue weighted by Crippen LogP contribution is 2.32. The number of carbonyl (C=O) groups is 1. The van der Waals surface area contributed by atoms with E-state index in [2.05, 4.69) is 23.3 Å². The number of carbonyl (C=O) groups excluding carboxylic acids is 1. The fourth-order valence-electron chi connectivity index (χ4n) is 3.44. The second kappa shape index (κ2) is 8.09. The lowest BCUT2D eigenvalue weighted by molar-refractivity contribution is 0.102. The van der Waals surface area contributed by atoms with E-state index in [-0.39, 0.29) is 5.91 Å². The molecule has 3 heterocycles. The lowest BCUT2D eigenvalue weighted by Crippen LogP contribution is -2.12. The van der Waals surface area contributed by atoms with Crippen molar-refractivity contribution in [1.82, 2.24) is 9.97 Å². The number of para-hydroxylation sites is 1. The van der Waals surface area contributed by atoms with Crippen molar-refractivity contribution >= 4 is 54.8 Å². The van der Waals surface area contributed by atoms with Crippen LogP contribution in [0.25, 0.3) is 31.7 Å². The summed E-state index contributed by atoms with van der Waals surface area (Å²) in [5.41, 5.74) is 3.01. The Morgan fingerprint density at radius 2 is 1.87 bits per heavy atom. The molecule has 5 nitrogen and oxygen atoms in total. The first-order valence-electron chi connectivity index (χ1n) is 9.92. The fraction of sp³-hybridized carbons (Fsp3) is 0.125. The van der Waals surface area contributed by atoms with Crippen LogP contribution in [0.15, 0.2) is 60.7 Å². The Balaban J connectivity index is 1.52. The molecule has 0 spiro atoms. The topological polar surface area (TPSA) is 64.1 Å². The van der Waals surface area contributed by atoms with Crippen molar-refractivity contribution in [1.29, 1.82) is 0 Å². The molecule has 0 fully saturated rings. The number of nitrogens with zero attached hydrogens (tertiary/aromatic N) is 2. The van der Waals surface area contributed by atoms with Gasteiger partial charge in [0.1, 0.15) is 5.75 Å². The number of hydrogen-bond acceptors (Lipinski definition) is 6. The second-order valence-electron chi connectivity index (χ2n) is 7.02. The summed E-state index contributed by atoms with van der Waals surface area (Å²) < 4.78 is 6.53. The molecule has 1 amide bonds. The largest absolute Gasteiger partial charge is 0.494 e. The number of fused-ring (bicyclic) bond motifs is 2. The van der Waals surface area contributed by atoms with Gasteiger partial charge in [0, 0.05) is 10.3 Å². The summed E-state index contributed by atoms with van der Waals surface area (Å²) in [6.07, 6.45) is 0. The number of hydrogen-bond donors (Lipinski definition) is 1. The number of anilines is 1. The van der Waals surface area contributed by atoms with E-state index in [9.17, 15) is 4.79 Å². The Bertz CT molecular complexity index is 1420. The van der Waals surface area contributed by atoms with E-state index in [1.165, 1.54) is 16.2 Å². The van der Waals surface area contributed by atoms with Gasteiger partial charge in [0.25, 0.3) is 5.91 Å². The highest BCUT2D eigenvalue weighted by atomic mass is 32.1. The van der Waals surface area contributed by atoms with Gasteiger partial charge < -0.3 is 4.74 Å². The average Bonchev–Trinajstić information content (AvgIpc) is 3.38. The van der Waals surface area contributed by atoms with E-state index in [0.29, 0.717) is 17.3 Å². The quantitative estimate of drug-likeness (QED) is 0.334. The van der Waals surface area contributed by atoms with Crippen molar-refractivity contribution in [2.75, 3.05) is 11.9 Å². The molecule has 31 heavy (non-hydrogen) atoms. The Kier molecular flexibility index (Phi) is 5.13. The zero-order valence-corrected chi connectivity index (χ0v) is 18.6. The molecule has 0 aliphatic rings. The summed E-state index contributed by atoms with van der Waals surface area (Å²) in [6.45, 7) is 4.62. The highest BCUT2D eigenvalue weighted by Gasteiger charge is 2.16. The van der Waals surface area contributed by atoms with Gasteiger partial charge >= 0.3 is 0 Å². The molecule has 2 aromatic carbocycles. The number of thiazole rings is 1. The van der Waals surface area contributed by atoms with Crippen molar-refractivity contribution in [2.45, 2.75) is 13.8 Å². The Labute approximate surface area is 187 Å². The van der Waals surface area contributed by atoms with Crippen LogP contribution in [0, 0.1) is 6.92 Å². The third kappa shape index (κ3) is 3.89. The first kappa shape index (κ1) is 19.7. The van der Waals surface area contributed by atoms with Crippen LogP contribution in [0.1, 0.15) is 22.2 Å². The maximum atomic E-state index is 13.3. The first-order valence-corrected chi connectivity index (χ1v) is 11.6. The molecule has 0 saturated carbocycles. The van der Waals surface area contributed by atoms with Crippen molar-refractivity contribution < 1.29 is 9.53 Å². The second-order valence-corrected chi connectivity index (χ2v) is 9.34. The van der Waals surface area contributed by atoms with Gasteiger partial charge in [-0.15, -0.1) is 11.3 Å².